The van der Waals surface area contributed by atoms with E-state index in [4.69, 9.17) is 0 Å². The highest BCUT2D eigenvalue weighted by Crippen LogP contribution is 2.17. The summed E-state index contributed by atoms with van der Waals surface area (Å²) in [5.74, 6) is -1.05. The summed E-state index contributed by atoms with van der Waals surface area (Å²) in [6.07, 6.45) is 1.21. The number of nitrogens with zero attached hydrogens (tertiary/aromatic N) is 3. The van der Waals surface area contributed by atoms with Gasteiger partial charge in [0.25, 0.3) is 23.2 Å². The number of nitro groups is 2. The number of carbonyl (C=O) groups excluding carboxylic acids is 2. The molecule has 1 heterocycles. The molecular weight excluding hydrogens is 394 g/mol. The molecule has 150 valence electrons. The zero-order valence-electron chi connectivity index (χ0n) is 15.1. The third-order valence-electron chi connectivity index (χ3n) is 3.93. The molecule has 3 aromatic rings. The van der Waals surface area contributed by atoms with Crippen LogP contribution in [-0.2, 0) is 0 Å². The maximum atomic E-state index is 12.3. The Labute approximate surface area is 168 Å². The summed E-state index contributed by atoms with van der Waals surface area (Å²) < 4.78 is 0. The number of carbonyl (C=O) groups is 2. The van der Waals surface area contributed by atoms with Crippen LogP contribution >= 0.6 is 0 Å². The Morgan fingerprint density at radius 3 is 1.57 bits per heavy atom. The van der Waals surface area contributed by atoms with Gasteiger partial charge in [-0.05, 0) is 36.4 Å². The van der Waals surface area contributed by atoms with Gasteiger partial charge in [-0.25, -0.2) is 0 Å². The maximum absolute atomic E-state index is 12.3. The standard InChI is InChI=1S/C19H13N5O6/c25-18(21-13-2-6-15(7-3-13)23(27)28)12-1-10-17(20-11-12)19(26)22-14-4-8-16(9-5-14)24(29)30/h1-11H,(H,21,25)(H,22,26). The van der Waals surface area contributed by atoms with E-state index in [2.05, 4.69) is 15.6 Å². The third kappa shape index (κ3) is 4.78. The maximum Gasteiger partial charge on any atom is 0.274 e. The van der Waals surface area contributed by atoms with Gasteiger partial charge in [0.15, 0.2) is 0 Å². The first-order valence-corrected chi connectivity index (χ1v) is 8.41. The number of hydrogen-bond acceptors (Lipinski definition) is 7. The van der Waals surface area contributed by atoms with Gasteiger partial charge in [0, 0.05) is 41.8 Å². The Morgan fingerprint density at radius 2 is 1.17 bits per heavy atom. The first-order valence-electron chi connectivity index (χ1n) is 8.41. The minimum absolute atomic E-state index is 0.0419. The summed E-state index contributed by atoms with van der Waals surface area (Å²) in [4.78, 5) is 48.6. The number of rotatable bonds is 6. The molecule has 2 N–H and O–H groups in total. The molecule has 0 atom stereocenters. The second kappa shape index (κ2) is 8.56. The average molecular weight is 407 g/mol. The molecule has 0 aliphatic carbocycles. The van der Waals surface area contributed by atoms with Gasteiger partial charge in [-0.3, -0.25) is 34.8 Å². The molecule has 0 unspecified atom stereocenters. The average Bonchev–Trinajstić information content (AvgIpc) is 2.74. The Morgan fingerprint density at radius 1 is 0.700 bits per heavy atom. The Hall–Kier alpha value is -4.67. The van der Waals surface area contributed by atoms with Crippen LogP contribution in [-0.4, -0.2) is 26.6 Å². The fourth-order valence-corrected chi connectivity index (χ4v) is 2.39. The lowest BCUT2D eigenvalue weighted by molar-refractivity contribution is -0.385. The van der Waals surface area contributed by atoms with E-state index < -0.39 is 21.7 Å². The summed E-state index contributed by atoms with van der Waals surface area (Å²) in [7, 11) is 0. The minimum atomic E-state index is -0.550. The first kappa shape index (κ1) is 20.1. The number of non-ortho nitro benzene ring substituents is 2. The van der Waals surface area contributed by atoms with E-state index in [0.717, 1.165) is 0 Å². The number of anilines is 2. The van der Waals surface area contributed by atoms with E-state index >= 15 is 0 Å². The molecule has 0 bridgehead atoms. The number of amides is 2. The molecule has 11 heteroatoms. The minimum Gasteiger partial charge on any atom is -0.322 e. The van der Waals surface area contributed by atoms with Crippen molar-refractivity contribution in [1.82, 2.24) is 4.98 Å². The molecule has 0 aliphatic rings. The molecule has 0 radical (unpaired) electrons. The Kier molecular flexibility index (Phi) is 5.73. The molecular formula is C19H13N5O6. The molecule has 0 saturated carbocycles. The number of aromatic nitrogens is 1. The molecule has 30 heavy (non-hydrogen) atoms. The Bertz CT molecular complexity index is 1020. The Balaban J connectivity index is 1.63. The van der Waals surface area contributed by atoms with Gasteiger partial charge < -0.3 is 10.6 Å². The summed E-state index contributed by atoms with van der Waals surface area (Å²) in [6, 6.07) is 13.4. The third-order valence-corrected chi connectivity index (χ3v) is 3.93. The summed E-state index contributed by atoms with van der Waals surface area (Å²) in [5, 5.41) is 26.4. The molecule has 1 aromatic heterocycles. The van der Waals surface area contributed by atoms with Gasteiger partial charge in [-0.1, -0.05) is 0 Å². The lowest BCUT2D eigenvalue weighted by atomic mass is 10.2. The zero-order chi connectivity index (χ0) is 21.7. The number of benzene rings is 2. The molecule has 2 amide bonds. The van der Waals surface area contributed by atoms with Crippen LogP contribution in [0.25, 0.3) is 0 Å². The van der Waals surface area contributed by atoms with Crippen LogP contribution in [0.15, 0.2) is 66.9 Å². The fourth-order valence-electron chi connectivity index (χ4n) is 2.39. The lowest BCUT2D eigenvalue weighted by Crippen LogP contribution is -2.16. The molecule has 0 fully saturated rings. The summed E-state index contributed by atoms with van der Waals surface area (Å²) in [5.41, 5.74) is 0.742. The van der Waals surface area contributed by atoms with Crippen LogP contribution in [0.2, 0.25) is 0 Å². The van der Waals surface area contributed by atoms with Gasteiger partial charge >= 0.3 is 0 Å². The molecule has 0 aliphatic heterocycles. The van der Waals surface area contributed by atoms with Gasteiger partial charge in [-0.15, -0.1) is 0 Å². The van der Waals surface area contributed by atoms with Crippen molar-refractivity contribution >= 4 is 34.6 Å². The molecule has 11 nitrogen and oxygen atoms in total. The van der Waals surface area contributed by atoms with Gasteiger partial charge in [-0.2, -0.15) is 0 Å². The number of nitrogens with one attached hydrogen (secondary N) is 2. The van der Waals surface area contributed by atoms with Crippen molar-refractivity contribution < 1.29 is 19.4 Å². The van der Waals surface area contributed by atoms with Crippen LogP contribution in [0.5, 0.6) is 0 Å². The fraction of sp³-hybridized carbons (Fsp3) is 0. The van der Waals surface area contributed by atoms with Gasteiger partial charge in [0.05, 0.1) is 15.4 Å². The van der Waals surface area contributed by atoms with Gasteiger partial charge in [0.2, 0.25) is 0 Å². The number of nitro benzene ring substituents is 2. The second-order valence-corrected chi connectivity index (χ2v) is 5.95. The largest absolute Gasteiger partial charge is 0.322 e. The second-order valence-electron chi connectivity index (χ2n) is 5.95. The molecule has 0 spiro atoms. The normalized spacial score (nSPS) is 10.1. The van der Waals surface area contributed by atoms with Crippen molar-refractivity contribution in [3.63, 3.8) is 0 Å². The van der Waals surface area contributed by atoms with Crippen molar-refractivity contribution in [2.45, 2.75) is 0 Å². The van der Waals surface area contributed by atoms with E-state index in [1.165, 1.54) is 66.9 Å². The van der Waals surface area contributed by atoms with Crippen molar-refractivity contribution in [1.29, 1.82) is 0 Å². The zero-order valence-corrected chi connectivity index (χ0v) is 15.1. The van der Waals surface area contributed by atoms with Crippen LogP contribution in [0.3, 0.4) is 0 Å². The van der Waals surface area contributed by atoms with Crippen molar-refractivity contribution in [2.24, 2.45) is 0 Å². The number of pyridine rings is 1. The lowest BCUT2D eigenvalue weighted by Gasteiger charge is -2.07. The highest BCUT2D eigenvalue weighted by molar-refractivity contribution is 6.06. The topological polar surface area (TPSA) is 157 Å². The van der Waals surface area contributed by atoms with E-state index in [9.17, 15) is 29.8 Å². The number of hydrogen-bond donors (Lipinski definition) is 2. The summed E-state index contributed by atoms with van der Waals surface area (Å²) in [6.45, 7) is 0. The molecule has 2 aromatic carbocycles. The predicted molar refractivity (Wildman–Crippen MR) is 106 cm³/mol. The highest BCUT2D eigenvalue weighted by Gasteiger charge is 2.13. The monoisotopic (exact) mass is 407 g/mol. The van der Waals surface area contributed by atoms with E-state index in [-0.39, 0.29) is 22.6 Å². The quantitative estimate of drug-likeness (QED) is 0.468. The predicted octanol–water partition coefficient (Wildman–Crippen LogP) is 3.40. The van der Waals surface area contributed by atoms with E-state index in [1.807, 2.05) is 0 Å². The molecule has 3 rings (SSSR count). The highest BCUT2D eigenvalue weighted by atomic mass is 16.6. The van der Waals surface area contributed by atoms with Crippen molar-refractivity contribution in [3.05, 3.63) is 98.3 Å². The van der Waals surface area contributed by atoms with Crippen LogP contribution in [0, 0.1) is 20.2 Å². The molecule has 0 saturated heterocycles. The first-order chi connectivity index (χ1) is 14.3. The van der Waals surface area contributed by atoms with Crippen LogP contribution in [0.1, 0.15) is 20.8 Å². The van der Waals surface area contributed by atoms with E-state index in [0.29, 0.717) is 11.4 Å². The van der Waals surface area contributed by atoms with Crippen LogP contribution < -0.4 is 10.6 Å². The van der Waals surface area contributed by atoms with E-state index in [1.54, 1.807) is 0 Å². The van der Waals surface area contributed by atoms with Crippen molar-refractivity contribution in [3.8, 4) is 0 Å². The van der Waals surface area contributed by atoms with Crippen molar-refractivity contribution in [2.75, 3.05) is 10.6 Å². The van der Waals surface area contributed by atoms with Crippen LogP contribution in [0.4, 0.5) is 22.7 Å². The smallest absolute Gasteiger partial charge is 0.274 e. The SMILES string of the molecule is O=C(Nc1ccc([N+](=O)[O-])cc1)c1ccc(C(=O)Nc2ccc([N+](=O)[O-])cc2)nc1. The van der Waals surface area contributed by atoms with Gasteiger partial charge in [0.1, 0.15) is 5.69 Å². The summed E-state index contributed by atoms with van der Waals surface area (Å²) >= 11 is 0.